The fourth-order valence-electron chi connectivity index (χ4n) is 2.26. The van der Waals surface area contributed by atoms with Crippen molar-refractivity contribution in [1.29, 1.82) is 0 Å². The Bertz CT molecular complexity index is 210. The van der Waals surface area contributed by atoms with Gasteiger partial charge in [-0.15, -0.1) is 0 Å². The smallest absolute Gasteiger partial charge is 0.236 e. The van der Waals surface area contributed by atoms with Gasteiger partial charge >= 0.3 is 0 Å². The number of rotatable bonds is 5. The molecule has 1 rings (SSSR count). The highest BCUT2D eigenvalue weighted by molar-refractivity contribution is 5.81. The molecule has 0 radical (unpaired) electrons. The summed E-state index contributed by atoms with van der Waals surface area (Å²) in [6, 6.07) is 0.489. The van der Waals surface area contributed by atoms with Gasteiger partial charge in [0.25, 0.3) is 0 Å². The molecular weight excluding hydrogens is 200 g/mol. The lowest BCUT2D eigenvalue weighted by molar-refractivity contribution is -0.123. The van der Waals surface area contributed by atoms with E-state index >= 15 is 0 Å². The number of carbonyl (C=O) groups excluding carboxylic acids is 1. The summed E-state index contributed by atoms with van der Waals surface area (Å²) in [5.41, 5.74) is 0. The zero-order valence-corrected chi connectivity index (χ0v) is 10.9. The van der Waals surface area contributed by atoms with Crippen LogP contribution in [0.2, 0.25) is 0 Å². The number of hydrogen-bond donors (Lipinski definition) is 2. The van der Waals surface area contributed by atoms with Crippen LogP contribution in [0.3, 0.4) is 0 Å². The van der Waals surface area contributed by atoms with Crippen LogP contribution in [-0.4, -0.2) is 24.5 Å². The molecule has 1 aliphatic carbocycles. The van der Waals surface area contributed by atoms with Crippen LogP contribution in [0, 0.1) is 5.92 Å². The lowest BCUT2D eigenvalue weighted by Crippen LogP contribution is -2.47. The maximum Gasteiger partial charge on any atom is 0.236 e. The highest BCUT2D eigenvalue weighted by Gasteiger charge is 2.21. The molecule has 0 aromatic rings. The molecule has 1 saturated carbocycles. The van der Waals surface area contributed by atoms with Crippen molar-refractivity contribution in [3.05, 3.63) is 0 Å². The summed E-state index contributed by atoms with van der Waals surface area (Å²) < 4.78 is 0. The third kappa shape index (κ3) is 4.52. The highest BCUT2D eigenvalue weighted by Crippen LogP contribution is 2.23. The molecule has 2 N–H and O–H groups in total. The first-order chi connectivity index (χ1) is 7.63. The van der Waals surface area contributed by atoms with Crippen LogP contribution < -0.4 is 10.6 Å². The molecule has 1 fully saturated rings. The van der Waals surface area contributed by atoms with Crippen LogP contribution in [0.1, 0.15) is 52.9 Å². The minimum atomic E-state index is -0.0510. The fourth-order valence-corrected chi connectivity index (χ4v) is 2.26. The average Bonchev–Trinajstić information content (AvgIpc) is 2.29. The van der Waals surface area contributed by atoms with E-state index in [9.17, 15) is 4.79 Å². The second-order valence-electron chi connectivity index (χ2n) is 5.14. The summed E-state index contributed by atoms with van der Waals surface area (Å²) >= 11 is 0. The van der Waals surface area contributed by atoms with Crippen molar-refractivity contribution in [3.8, 4) is 0 Å². The molecule has 1 unspecified atom stereocenters. The number of carbonyl (C=O) groups is 1. The first-order valence-electron chi connectivity index (χ1n) is 6.67. The fraction of sp³-hybridized carbons (Fsp3) is 0.923. The molecular formula is C13H26N2O. The lowest BCUT2D eigenvalue weighted by atomic mass is 9.87. The molecule has 0 heterocycles. The van der Waals surface area contributed by atoms with Gasteiger partial charge in [-0.1, -0.05) is 13.8 Å². The number of hydrogen-bond acceptors (Lipinski definition) is 2. The van der Waals surface area contributed by atoms with Gasteiger partial charge < -0.3 is 10.6 Å². The molecule has 0 aromatic heterocycles. The largest absolute Gasteiger partial charge is 0.355 e. The Morgan fingerprint density at radius 2 is 1.94 bits per heavy atom. The van der Waals surface area contributed by atoms with Gasteiger partial charge in [-0.25, -0.2) is 0 Å². The van der Waals surface area contributed by atoms with E-state index in [4.69, 9.17) is 0 Å². The van der Waals surface area contributed by atoms with Crippen LogP contribution >= 0.6 is 0 Å². The second-order valence-corrected chi connectivity index (χ2v) is 5.14. The Kier molecular flexibility index (Phi) is 5.81. The van der Waals surface area contributed by atoms with Crippen molar-refractivity contribution in [2.75, 3.05) is 6.54 Å². The van der Waals surface area contributed by atoms with E-state index in [1.165, 1.54) is 25.7 Å². The summed E-state index contributed by atoms with van der Waals surface area (Å²) in [5, 5.41) is 6.37. The third-order valence-electron chi connectivity index (χ3n) is 3.44. The van der Waals surface area contributed by atoms with Crippen molar-refractivity contribution in [3.63, 3.8) is 0 Å². The molecule has 0 aromatic carbocycles. The Morgan fingerprint density at radius 1 is 1.31 bits per heavy atom. The summed E-state index contributed by atoms with van der Waals surface area (Å²) in [6.45, 7) is 7.13. The average molecular weight is 226 g/mol. The van der Waals surface area contributed by atoms with Crippen LogP contribution in [-0.2, 0) is 4.79 Å². The van der Waals surface area contributed by atoms with Crippen LogP contribution in [0.4, 0.5) is 0 Å². The van der Waals surface area contributed by atoms with E-state index in [0.717, 1.165) is 18.9 Å². The van der Waals surface area contributed by atoms with E-state index in [1.807, 2.05) is 6.92 Å². The van der Waals surface area contributed by atoms with E-state index in [2.05, 4.69) is 24.5 Å². The minimum absolute atomic E-state index is 0.0510. The van der Waals surface area contributed by atoms with Gasteiger partial charge in [-0.3, -0.25) is 4.79 Å². The molecule has 0 bridgehead atoms. The van der Waals surface area contributed by atoms with Gasteiger partial charge in [-0.2, -0.15) is 0 Å². The first-order valence-corrected chi connectivity index (χ1v) is 6.67. The third-order valence-corrected chi connectivity index (χ3v) is 3.44. The predicted octanol–water partition coefficient (Wildman–Crippen LogP) is 2.07. The summed E-state index contributed by atoms with van der Waals surface area (Å²) in [4.78, 5) is 11.7. The molecule has 94 valence electrons. The number of amides is 1. The van der Waals surface area contributed by atoms with Crippen LogP contribution in [0.25, 0.3) is 0 Å². The van der Waals surface area contributed by atoms with Crippen molar-refractivity contribution >= 4 is 5.91 Å². The minimum Gasteiger partial charge on any atom is -0.355 e. The maximum absolute atomic E-state index is 11.7. The van der Waals surface area contributed by atoms with Gasteiger partial charge in [0.05, 0.1) is 6.04 Å². The summed E-state index contributed by atoms with van der Waals surface area (Å²) in [7, 11) is 0. The standard InChI is InChI=1S/C13H26N2O/c1-4-9-14-13(16)11(3)15-12-7-5-10(2)6-8-12/h10-12,15H,4-9H2,1-3H3,(H,14,16). The van der Waals surface area contributed by atoms with E-state index in [0.29, 0.717) is 6.04 Å². The van der Waals surface area contributed by atoms with Crippen molar-refractivity contribution in [2.45, 2.75) is 65.0 Å². The molecule has 1 aliphatic rings. The Balaban J connectivity index is 2.22. The SMILES string of the molecule is CCCNC(=O)C(C)NC1CCC(C)CC1. The van der Waals surface area contributed by atoms with E-state index in [1.54, 1.807) is 0 Å². The monoisotopic (exact) mass is 226 g/mol. The molecule has 1 amide bonds. The van der Waals surface area contributed by atoms with Gasteiger partial charge in [0, 0.05) is 12.6 Å². The Hall–Kier alpha value is -0.570. The zero-order valence-electron chi connectivity index (χ0n) is 10.9. The van der Waals surface area contributed by atoms with E-state index < -0.39 is 0 Å². The van der Waals surface area contributed by atoms with Gasteiger partial charge in [0.2, 0.25) is 5.91 Å². The van der Waals surface area contributed by atoms with Crippen LogP contribution in [0.5, 0.6) is 0 Å². The molecule has 0 spiro atoms. The van der Waals surface area contributed by atoms with Gasteiger partial charge in [0.15, 0.2) is 0 Å². The first kappa shape index (κ1) is 13.5. The Labute approximate surface area is 99.4 Å². The quantitative estimate of drug-likeness (QED) is 0.753. The summed E-state index contributed by atoms with van der Waals surface area (Å²) in [5.74, 6) is 1.00. The molecule has 3 heteroatoms. The van der Waals surface area contributed by atoms with Crippen LogP contribution in [0.15, 0.2) is 0 Å². The topological polar surface area (TPSA) is 41.1 Å². The zero-order chi connectivity index (χ0) is 12.0. The molecule has 16 heavy (non-hydrogen) atoms. The van der Waals surface area contributed by atoms with E-state index in [-0.39, 0.29) is 11.9 Å². The summed E-state index contributed by atoms with van der Waals surface area (Å²) in [6.07, 6.45) is 6.01. The van der Waals surface area contributed by atoms with Gasteiger partial charge in [0.1, 0.15) is 0 Å². The van der Waals surface area contributed by atoms with Crippen molar-refractivity contribution in [2.24, 2.45) is 5.92 Å². The molecule has 3 nitrogen and oxygen atoms in total. The molecule has 1 atom stereocenters. The number of nitrogens with one attached hydrogen (secondary N) is 2. The highest BCUT2D eigenvalue weighted by atomic mass is 16.2. The predicted molar refractivity (Wildman–Crippen MR) is 67.3 cm³/mol. The lowest BCUT2D eigenvalue weighted by Gasteiger charge is -2.29. The molecule has 0 aliphatic heterocycles. The van der Waals surface area contributed by atoms with Crippen molar-refractivity contribution in [1.82, 2.24) is 10.6 Å². The molecule has 0 saturated heterocycles. The maximum atomic E-state index is 11.7. The Morgan fingerprint density at radius 3 is 2.50 bits per heavy atom. The second kappa shape index (κ2) is 6.89. The van der Waals surface area contributed by atoms with Crippen molar-refractivity contribution < 1.29 is 4.79 Å². The van der Waals surface area contributed by atoms with Gasteiger partial charge in [-0.05, 0) is 44.9 Å². The normalized spacial score (nSPS) is 27.4.